The molecular weight excluding hydrogens is 493 g/mol. The predicted molar refractivity (Wildman–Crippen MR) is 122 cm³/mol. The summed E-state index contributed by atoms with van der Waals surface area (Å²) in [6, 6.07) is 9.45. The first kappa shape index (κ1) is 24.7. The number of carbonyl (C=O) groups is 1. The monoisotopic (exact) mass is 512 g/mol. The lowest BCUT2D eigenvalue weighted by Gasteiger charge is -2.10. The smallest absolute Gasteiger partial charge is 0.433 e. The molecule has 0 amide bonds. The van der Waals surface area contributed by atoms with E-state index in [9.17, 15) is 18.0 Å². The van der Waals surface area contributed by atoms with Crippen LogP contribution in [0.25, 0.3) is 10.1 Å². The maximum absolute atomic E-state index is 12.8. The lowest BCUT2D eigenvalue weighted by atomic mass is 10.1. The lowest BCUT2D eigenvalue weighted by molar-refractivity contribution is -0.134. The summed E-state index contributed by atoms with van der Waals surface area (Å²) >= 11 is 5.40. The Balaban J connectivity index is 0.000000242. The first-order valence-electron chi connectivity index (χ1n) is 9.17. The molecular formula is C22H20BrF3N2O2S. The Labute approximate surface area is 190 Å². The van der Waals surface area contributed by atoms with Crippen molar-refractivity contribution in [2.24, 2.45) is 4.99 Å². The molecule has 0 spiro atoms. The summed E-state index contributed by atoms with van der Waals surface area (Å²) in [5, 5.41) is 12.3. The van der Waals surface area contributed by atoms with Crippen LogP contribution in [0, 0.1) is 0 Å². The molecule has 2 heterocycles. The Morgan fingerprint density at radius 1 is 1.23 bits per heavy atom. The van der Waals surface area contributed by atoms with Gasteiger partial charge in [0, 0.05) is 38.2 Å². The number of nitrogens with zero attached hydrogens (tertiary/aromatic N) is 2. The van der Waals surface area contributed by atoms with Gasteiger partial charge in [0.05, 0.1) is 5.57 Å². The molecule has 2 aromatic heterocycles. The number of alkyl halides is 3. The van der Waals surface area contributed by atoms with E-state index in [4.69, 9.17) is 5.11 Å². The van der Waals surface area contributed by atoms with E-state index >= 15 is 0 Å². The lowest BCUT2D eigenvalue weighted by Crippen LogP contribution is -2.17. The van der Waals surface area contributed by atoms with Gasteiger partial charge in [0.25, 0.3) is 0 Å². The van der Waals surface area contributed by atoms with Gasteiger partial charge in [-0.15, -0.1) is 11.3 Å². The topological polar surface area (TPSA) is 62.5 Å². The number of fused-ring (bicyclic) bond motifs is 1. The number of aromatic nitrogens is 1. The molecule has 0 aliphatic heterocycles. The van der Waals surface area contributed by atoms with Crippen LogP contribution in [0.1, 0.15) is 31.9 Å². The Kier molecular flexibility index (Phi) is 8.52. The highest BCUT2D eigenvalue weighted by Crippen LogP contribution is 2.32. The average molecular weight is 513 g/mol. The number of hydrogen-bond donors (Lipinski definition) is 1. The number of carboxylic acid groups (broad SMARTS) is 1. The molecule has 0 atom stereocenters. The minimum atomic E-state index is -4.83. The normalized spacial score (nSPS) is 12.8. The van der Waals surface area contributed by atoms with Crippen molar-refractivity contribution >= 4 is 49.0 Å². The van der Waals surface area contributed by atoms with E-state index in [0.29, 0.717) is 5.56 Å². The zero-order valence-electron chi connectivity index (χ0n) is 17.0. The number of halogens is 4. The largest absolute Gasteiger partial charge is 0.478 e. The molecule has 0 radical (unpaired) electrons. The van der Waals surface area contributed by atoms with Crippen molar-refractivity contribution in [3.05, 3.63) is 75.0 Å². The summed E-state index contributed by atoms with van der Waals surface area (Å²) in [5.74, 6) is -1.66. The standard InChI is InChI=1S/C12H11F3N2O2.C10H9BrS/c1-7(11(18)19)10(12(13,14)15)17-8(2)9-4-3-5-16-6-9;1-2-7-6-12-9-5-3-4-8(11)10(7)9/h3-6H,1-2H3,(H,18,19);3-6H,2H2,1H3/b10-7+,17-8?;. The Hall–Kier alpha value is -2.52. The zero-order valence-corrected chi connectivity index (χ0v) is 19.4. The quantitative estimate of drug-likeness (QED) is 0.301. The van der Waals surface area contributed by atoms with E-state index in [0.717, 1.165) is 13.3 Å². The molecule has 1 N–H and O–H groups in total. The molecule has 0 saturated heterocycles. The van der Waals surface area contributed by atoms with Crippen LogP contribution in [-0.4, -0.2) is 27.9 Å². The molecule has 3 aromatic rings. The molecule has 0 saturated carbocycles. The minimum absolute atomic E-state index is 0.0426. The Bertz CT molecular complexity index is 1120. The summed E-state index contributed by atoms with van der Waals surface area (Å²) in [5.41, 5.74) is -0.386. The van der Waals surface area contributed by atoms with Gasteiger partial charge in [-0.1, -0.05) is 35.0 Å². The van der Waals surface area contributed by atoms with Gasteiger partial charge in [-0.3, -0.25) is 4.98 Å². The first-order valence-corrected chi connectivity index (χ1v) is 10.8. The van der Waals surface area contributed by atoms with Gasteiger partial charge in [-0.25, -0.2) is 9.79 Å². The van der Waals surface area contributed by atoms with Crippen molar-refractivity contribution in [1.82, 2.24) is 4.98 Å². The van der Waals surface area contributed by atoms with Crippen molar-refractivity contribution in [3.63, 3.8) is 0 Å². The van der Waals surface area contributed by atoms with Crippen molar-refractivity contribution in [3.8, 4) is 0 Å². The van der Waals surface area contributed by atoms with E-state index in [2.05, 4.69) is 56.4 Å². The molecule has 3 rings (SSSR count). The van der Waals surface area contributed by atoms with Crippen molar-refractivity contribution in [1.29, 1.82) is 0 Å². The van der Waals surface area contributed by atoms with E-state index in [1.54, 1.807) is 6.07 Å². The summed E-state index contributed by atoms with van der Waals surface area (Å²) < 4.78 is 40.9. The van der Waals surface area contributed by atoms with Crippen LogP contribution in [0.3, 0.4) is 0 Å². The fourth-order valence-electron chi connectivity index (χ4n) is 2.64. The van der Waals surface area contributed by atoms with Crippen molar-refractivity contribution in [2.75, 3.05) is 0 Å². The molecule has 0 aliphatic rings. The Morgan fingerprint density at radius 2 is 1.94 bits per heavy atom. The number of carboxylic acids is 1. The summed E-state index contributed by atoms with van der Waals surface area (Å²) in [6.45, 7) is 4.42. The molecule has 0 bridgehead atoms. The number of aliphatic carboxylic acids is 1. The summed E-state index contributed by atoms with van der Waals surface area (Å²) in [4.78, 5) is 17.8. The van der Waals surface area contributed by atoms with Gasteiger partial charge >= 0.3 is 12.1 Å². The third kappa shape index (κ3) is 6.48. The van der Waals surface area contributed by atoms with Crippen LogP contribution in [0.4, 0.5) is 13.2 Å². The van der Waals surface area contributed by atoms with Gasteiger partial charge in [-0.2, -0.15) is 13.2 Å². The number of hydrogen-bond acceptors (Lipinski definition) is 4. The molecule has 4 nitrogen and oxygen atoms in total. The Morgan fingerprint density at radius 3 is 2.48 bits per heavy atom. The zero-order chi connectivity index (χ0) is 23.2. The number of aryl methyl sites for hydroxylation is 1. The number of thiophene rings is 1. The van der Waals surface area contributed by atoms with Crippen molar-refractivity contribution in [2.45, 2.75) is 33.4 Å². The average Bonchev–Trinajstić information content (AvgIpc) is 3.16. The maximum atomic E-state index is 12.8. The van der Waals surface area contributed by atoms with Gasteiger partial charge in [0.1, 0.15) is 0 Å². The number of rotatable bonds is 4. The molecule has 164 valence electrons. The summed E-state index contributed by atoms with van der Waals surface area (Å²) in [6.07, 6.45) is -0.892. The van der Waals surface area contributed by atoms with Gasteiger partial charge in [0.2, 0.25) is 0 Å². The van der Waals surface area contributed by atoms with E-state index in [1.165, 1.54) is 45.5 Å². The summed E-state index contributed by atoms with van der Waals surface area (Å²) in [7, 11) is 0. The predicted octanol–water partition coefficient (Wildman–Crippen LogP) is 7.04. The molecule has 0 unspecified atom stereocenters. The van der Waals surface area contributed by atoms with Crippen LogP contribution in [0.15, 0.2) is 68.8 Å². The highest BCUT2D eigenvalue weighted by atomic mass is 79.9. The van der Waals surface area contributed by atoms with E-state index in [1.807, 2.05) is 11.3 Å². The van der Waals surface area contributed by atoms with E-state index < -0.39 is 23.4 Å². The molecule has 0 fully saturated rings. The van der Waals surface area contributed by atoms with Crippen LogP contribution in [0.5, 0.6) is 0 Å². The van der Waals surface area contributed by atoms with Crippen LogP contribution < -0.4 is 0 Å². The minimum Gasteiger partial charge on any atom is -0.478 e. The third-order valence-corrected chi connectivity index (χ3v) is 5.97. The third-order valence-electron chi connectivity index (χ3n) is 4.31. The van der Waals surface area contributed by atoms with E-state index in [-0.39, 0.29) is 5.71 Å². The molecule has 9 heteroatoms. The SMILES string of the molecule is CC(=N/C(=C(\C)C(=O)O)C(F)(F)F)c1cccnc1.CCc1csc2cccc(Br)c12. The first-order chi connectivity index (χ1) is 14.6. The number of benzene rings is 1. The second kappa shape index (κ2) is 10.7. The second-order valence-electron chi connectivity index (χ2n) is 6.44. The number of aliphatic imine (C=N–C) groups is 1. The fraction of sp³-hybridized carbons (Fsp3) is 0.227. The molecule has 31 heavy (non-hydrogen) atoms. The fourth-order valence-corrected chi connectivity index (χ4v) is 4.46. The van der Waals surface area contributed by atoms with Crippen LogP contribution in [0.2, 0.25) is 0 Å². The van der Waals surface area contributed by atoms with Crippen LogP contribution in [-0.2, 0) is 11.2 Å². The second-order valence-corrected chi connectivity index (χ2v) is 8.21. The highest BCUT2D eigenvalue weighted by molar-refractivity contribution is 9.10. The number of allylic oxidation sites excluding steroid dienone is 1. The van der Waals surface area contributed by atoms with Gasteiger partial charge in [-0.05, 0) is 49.4 Å². The molecule has 1 aromatic carbocycles. The number of pyridine rings is 1. The van der Waals surface area contributed by atoms with Gasteiger partial charge < -0.3 is 5.11 Å². The molecule has 0 aliphatic carbocycles. The van der Waals surface area contributed by atoms with Crippen molar-refractivity contribution < 1.29 is 23.1 Å². The highest BCUT2D eigenvalue weighted by Gasteiger charge is 2.37. The van der Waals surface area contributed by atoms with Gasteiger partial charge in [0.15, 0.2) is 5.70 Å². The van der Waals surface area contributed by atoms with Crippen LogP contribution >= 0.6 is 27.3 Å². The maximum Gasteiger partial charge on any atom is 0.433 e.